The van der Waals surface area contributed by atoms with Crippen LogP contribution in [0.4, 0.5) is 24.9 Å². The van der Waals surface area contributed by atoms with E-state index in [1.54, 1.807) is 50.0 Å². The van der Waals surface area contributed by atoms with Crippen molar-refractivity contribution in [1.29, 1.82) is 0 Å². The maximum atomic E-state index is 14.9. The summed E-state index contributed by atoms with van der Waals surface area (Å²) in [5.41, 5.74) is 8.30. The molecule has 4 aromatic rings. The molecule has 0 aliphatic carbocycles. The van der Waals surface area contributed by atoms with E-state index in [1.165, 1.54) is 16.8 Å². The molecule has 3 N–H and O–H groups in total. The van der Waals surface area contributed by atoms with Gasteiger partial charge < -0.3 is 25.4 Å². The van der Waals surface area contributed by atoms with Crippen LogP contribution in [0, 0.1) is 12.3 Å². The zero-order valence-electron chi connectivity index (χ0n) is 27.0. The number of esters is 1. The third-order valence-corrected chi connectivity index (χ3v) is 9.77. The Bertz CT molecular complexity index is 1760. The predicted octanol–water partition coefficient (Wildman–Crippen LogP) is 6.14. The first-order valence-electron chi connectivity index (χ1n) is 15.8. The molecule has 0 saturated carbocycles. The van der Waals surface area contributed by atoms with E-state index in [9.17, 15) is 18.0 Å². The number of hydrogen-bond acceptors (Lipinski definition) is 10. The fourth-order valence-corrected chi connectivity index (χ4v) is 6.88. The number of benzene rings is 2. The second-order valence-electron chi connectivity index (χ2n) is 12.2. The van der Waals surface area contributed by atoms with Gasteiger partial charge in [-0.25, -0.2) is 4.68 Å². The molecule has 2 saturated heterocycles. The topological polar surface area (TPSA) is 120 Å². The SMILES string of the molecule is CCOC(=O)C1CC2(CCN(c3cc(O[C@H](c4ccc(-c5ccc(SC)cc5)cc4-n4ccc(C)n4)C(F)(F)F)nc(N)n3)CC2)CN1. The Morgan fingerprint density at radius 1 is 1.10 bits per heavy atom. The highest BCUT2D eigenvalue weighted by Gasteiger charge is 2.46. The van der Waals surface area contributed by atoms with Gasteiger partial charge in [-0.3, -0.25) is 4.79 Å². The van der Waals surface area contributed by atoms with E-state index >= 15 is 0 Å². The molecule has 10 nitrogen and oxygen atoms in total. The van der Waals surface area contributed by atoms with Crippen molar-refractivity contribution >= 4 is 29.5 Å². The van der Waals surface area contributed by atoms with E-state index in [0.717, 1.165) is 28.9 Å². The lowest BCUT2D eigenvalue weighted by atomic mass is 9.76. The number of aryl methyl sites for hydroxylation is 1. The normalized spacial score (nSPS) is 18.2. The molecule has 1 spiro atoms. The lowest BCUT2D eigenvalue weighted by molar-refractivity contribution is -0.198. The molecule has 2 aliphatic heterocycles. The van der Waals surface area contributed by atoms with Gasteiger partial charge in [0.1, 0.15) is 11.9 Å². The molecular weight excluding hydrogens is 643 g/mol. The zero-order valence-corrected chi connectivity index (χ0v) is 27.8. The van der Waals surface area contributed by atoms with Crippen molar-refractivity contribution in [3.63, 3.8) is 0 Å². The van der Waals surface area contributed by atoms with Gasteiger partial charge in [0.2, 0.25) is 17.9 Å². The molecule has 4 heterocycles. The van der Waals surface area contributed by atoms with Crippen molar-refractivity contribution in [2.45, 2.75) is 56.3 Å². The first kappa shape index (κ1) is 33.6. The van der Waals surface area contributed by atoms with Gasteiger partial charge in [0.05, 0.1) is 18.0 Å². The number of nitrogens with two attached hydrogens (primary N) is 1. The molecule has 48 heavy (non-hydrogen) atoms. The van der Waals surface area contributed by atoms with E-state index in [-0.39, 0.29) is 40.5 Å². The van der Waals surface area contributed by atoms with Crippen LogP contribution in [0.25, 0.3) is 16.8 Å². The molecule has 0 bridgehead atoms. The molecule has 14 heteroatoms. The number of nitrogens with zero attached hydrogens (tertiary/aromatic N) is 5. The molecule has 2 atom stereocenters. The van der Waals surface area contributed by atoms with Gasteiger partial charge in [-0.1, -0.05) is 24.3 Å². The second-order valence-corrected chi connectivity index (χ2v) is 13.1. The van der Waals surface area contributed by atoms with Crippen molar-refractivity contribution in [1.82, 2.24) is 25.1 Å². The number of carbonyl (C=O) groups excluding carboxylic acids is 1. The minimum atomic E-state index is -4.80. The molecule has 254 valence electrons. The summed E-state index contributed by atoms with van der Waals surface area (Å²) in [6.45, 7) is 5.74. The highest BCUT2D eigenvalue weighted by molar-refractivity contribution is 7.98. The van der Waals surface area contributed by atoms with Gasteiger partial charge in [-0.2, -0.15) is 28.2 Å². The number of nitrogens with one attached hydrogen (secondary N) is 1. The number of alkyl halides is 3. The zero-order chi connectivity index (χ0) is 34.1. The maximum Gasteiger partial charge on any atom is 0.429 e. The molecule has 2 fully saturated rings. The number of piperidine rings is 1. The Labute approximate surface area is 281 Å². The molecule has 0 amide bonds. The third-order valence-electron chi connectivity index (χ3n) is 9.03. The quantitative estimate of drug-likeness (QED) is 0.158. The van der Waals surface area contributed by atoms with Crippen molar-refractivity contribution in [3.8, 4) is 22.7 Å². The minimum Gasteiger partial charge on any atom is -0.465 e. The van der Waals surface area contributed by atoms with Crippen LogP contribution in [0.2, 0.25) is 0 Å². The van der Waals surface area contributed by atoms with Crippen LogP contribution in [-0.2, 0) is 9.53 Å². The van der Waals surface area contributed by atoms with Gasteiger partial charge in [0.25, 0.3) is 0 Å². The van der Waals surface area contributed by atoms with E-state index < -0.39 is 12.3 Å². The van der Waals surface area contributed by atoms with Crippen LogP contribution in [0.5, 0.6) is 5.88 Å². The molecule has 2 aromatic carbocycles. The number of aromatic nitrogens is 4. The van der Waals surface area contributed by atoms with Crippen LogP contribution >= 0.6 is 11.8 Å². The van der Waals surface area contributed by atoms with Crippen LogP contribution < -0.4 is 20.7 Å². The van der Waals surface area contributed by atoms with Crippen LogP contribution in [0.3, 0.4) is 0 Å². The lowest BCUT2D eigenvalue weighted by Gasteiger charge is -2.39. The Hall–Kier alpha value is -4.30. The average Bonchev–Trinajstić information content (AvgIpc) is 3.69. The summed E-state index contributed by atoms with van der Waals surface area (Å²) in [5, 5.41) is 7.71. The van der Waals surface area contributed by atoms with Crippen LogP contribution in [-0.4, -0.2) is 70.4 Å². The van der Waals surface area contributed by atoms with Gasteiger partial charge in [-0.05, 0) is 80.2 Å². The monoisotopic (exact) mass is 681 g/mol. The largest absolute Gasteiger partial charge is 0.465 e. The van der Waals surface area contributed by atoms with Gasteiger partial charge in [-0.15, -0.1) is 11.8 Å². The summed E-state index contributed by atoms with van der Waals surface area (Å²) in [6.07, 6.45) is -1.37. The first-order valence-corrected chi connectivity index (χ1v) is 17.0. The van der Waals surface area contributed by atoms with E-state index in [2.05, 4.69) is 20.4 Å². The number of hydrogen-bond donors (Lipinski definition) is 2. The number of anilines is 2. The second kappa shape index (κ2) is 13.7. The van der Waals surface area contributed by atoms with Crippen molar-refractivity contribution < 1.29 is 27.4 Å². The van der Waals surface area contributed by atoms with E-state index in [1.807, 2.05) is 35.4 Å². The van der Waals surface area contributed by atoms with E-state index in [0.29, 0.717) is 44.2 Å². The average molecular weight is 682 g/mol. The molecule has 2 aromatic heterocycles. The van der Waals surface area contributed by atoms with E-state index in [4.69, 9.17) is 15.2 Å². The summed E-state index contributed by atoms with van der Waals surface area (Å²) >= 11 is 1.61. The van der Waals surface area contributed by atoms with Crippen LogP contribution in [0.15, 0.2) is 65.7 Å². The number of carbonyl (C=O) groups is 1. The fraction of sp³-hybridized carbons (Fsp3) is 0.412. The maximum absolute atomic E-state index is 14.9. The summed E-state index contributed by atoms with van der Waals surface area (Å²) in [5.74, 6) is -0.343. The number of thioether (sulfide) groups is 1. The highest BCUT2D eigenvalue weighted by Crippen LogP contribution is 2.43. The Morgan fingerprint density at radius 3 is 2.48 bits per heavy atom. The standard InChI is InChI=1S/C34H38F3N7O3S/c1-4-46-31(45)26-19-33(20-39-26)12-15-43(16-13-33)28-18-29(41-32(38)40-28)47-30(34(35,36)37)25-10-7-23(22-5-8-24(48-3)9-6-22)17-27(25)44-14-11-21(2)42-44/h5-11,14,17-18,26,30,39H,4,12-13,15-16,19-20H2,1-3H3,(H2,38,40,41)/t26?,30-/m1/s1. The lowest BCUT2D eigenvalue weighted by Crippen LogP contribution is -2.41. The number of rotatable bonds is 9. The van der Waals surface area contributed by atoms with Crippen molar-refractivity contribution in [2.24, 2.45) is 5.41 Å². The Morgan fingerprint density at radius 2 is 1.83 bits per heavy atom. The number of halogens is 3. The minimum absolute atomic E-state index is 0.0718. The summed E-state index contributed by atoms with van der Waals surface area (Å²) < 4.78 is 57.0. The summed E-state index contributed by atoms with van der Waals surface area (Å²) in [4.78, 5) is 23.7. The summed E-state index contributed by atoms with van der Waals surface area (Å²) in [7, 11) is 0. The Balaban J connectivity index is 1.27. The molecular formula is C34H38F3N7O3S. The number of nitrogen functional groups attached to an aromatic ring is 1. The molecule has 2 aliphatic rings. The van der Waals surface area contributed by atoms with Gasteiger partial charge in [0.15, 0.2) is 0 Å². The Kier molecular flexibility index (Phi) is 9.57. The van der Waals surface area contributed by atoms with Gasteiger partial charge >= 0.3 is 12.1 Å². The van der Waals surface area contributed by atoms with Crippen molar-refractivity contribution in [2.75, 3.05) is 43.1 Å². The molecule has 1 unspecified atom stereocenters. The fourth-order valence-electron chi connectivity index (χ4n) is 6.47. The van der Waals surface area contributed by atoms with Crippen LogP contribution in [0.1, 0.15) is 43.5 Å². The third kappa shape index (κ3) is 7.24. The molecule has 6 rings (SSSR count). The predicted molar refractivity (Wildman–Crippen MR) is 178 cm³/mol. The van der Waals surface area contributed by atoms with Gasteiger partial charge in [0, 0.05) is 42.4 Å². The highest BCUT2D eigenvalue weighted by atomic mass is 32.2. The smallest absolute Gasteiger partial charge is 0.429 e. The first-order chi connectivity index (χ1) is 23.0. The van der Waals surface area contributed by atoms with Crippen molar-refractivity contribution in [3.05, 3.63) is 72.1 Å². The molecule has 0 radical (unpaired) electrons. The number of ether oxygens (including phenoxy) is 2. The summed E-state index contributed by atoms with van der Waals surface area (Å²) in [6, 6.07) is 15.4.